The van der Waals surface area contributed by atoms with Gasteiger partial charge in [0.05, 0.1) is 10.4 Å². The van der Waals surface area contributed by atoms with Crippen LogP contribution in [0.25, 0.3) is 10.1 Å². The van der Waals surface area contributed by atoms with Crippen LogP contribution < -0.4 is 11.1 Å². The number of fused-ring (bicyclic) bond motifs is 1. The van der Waals surface area contributed by atoms with E-state index in [0.29, 0.717) is 10.6 Å². The first-order valence-electron chi connectivity index (χ1n) is 5.84. The first kappa shape index (κ1) is 13.1. The third-order valence-corrected chi connectivity index (χ3v) is 4.47. The van der Waals surface area contributed by atoms with Gasteiger partial charge in [0.15, 0.2) is 0 Å². The Labute approximate surface area is 127 Å². The Morgan fingerprint density at radius 3 is 2.95 bits per heavy atom. The number of amides is 1. The minimum atomic E-state index is -0.207. The van der Waals surface area contributed by atoms with Crippen molar-refractivity contribution >= 4 is 54.6 Å². The van der Waals surface area contributed by atoms with E-state index in [9.17, 15) is 4.79 Å². The molecule has 0 atom stereocenters. The van der Waals surface area contributed by atoms with Crippen LogP contribution in [0.2, 0.25) is 0 Å². The van der Waals surface area contributed by atoms with Gasteiger partial charge in [0.1, 0.15) is 4.88 Å². The summed E-state index contributed by atoms with van der Waals surface area (Å²) in [5, 5.41) is 3.71. The molecule has 0 saturated carbocycles. The van der Waals surface area contributed by atoms with Gasteiger partial charge >= 0.3 is 0 Å². The van der Waals surface area contributed by atoms with Gasteiger partial charge < -0.3 is 11.1 Å². The molecule has 1 aromatic carbocycles. The molecular formula is C14H10BrN3OS. The number of carbonyl (C=O) groups is 1. The van der Waals surface area contributed by atoms with Crippen LogP contribution in [0.3, 0.4) is 0 Å². The Morgan fingerprint density at radius 2 is 2.20 bits per heavy atom. The van der Waals surface area contributed by atoms with E-state index in [1.54, 1.807) is 12.4 Å². The van der Waals surface area contributed by atoms with E-state index in [4.69, 9.17) is 5.73 Å². The predicted molar refractivity (Wildman–Crippen MR) is 86.1 cm³/mol. The molecule has 0 spiro atoms. The number of hydrogen-bond donors (Lipinski definition) is 2. The number of anilines is 2. The molecule has 0 radical (unpaired) electrons. The minimum Gasteiger partial charge on any atom is -0.397 e. The molecule has 2 heterocycles. The SMILES string of the molecule is Nc1c(C(=O)Nc2cccc(Br)c2)sc2cnccc12. The molecular weight excluding hydrogens is 338 g/mol. The molecule has 0 bridgehead atoms. The zero-order valence-electron chi connectivity index (χ0n) is 10.3. The van der Waals surface area contributed by atoms with Crippen molar-refractivity contribution in [3.8, 4) is 0 Å². The fourth-order valence-corrected chi connectivity index (χ4v) is 3.28. The Kier molecular flexibility index (Phi) is 3.42. The van der Waals surface area contributed by atoms with Crippen molar-refractivity contribution in [2.45, 2.75) is 0 Å². The maximum Gasteiger partial charge on any atom is 0.267 e. The fraction of sp³-hybridized carbons (Fsp3) is 0. The second-order valence-corrected chi connectivity index (χ2v) is 6.15. The van der Waals surface area contributed by atoms with Gasteiger partial charge in [0.2, 0.25) is 0 Å². The average molecular weight is 348 g/mol. The lowest BCUT2D eigenvalue weighted by atomic mass is 10.2. The van der Waals surface area contributed by atoms with E-state index in [1.807, 2.05) is 30.3 Å². The van der Waals surface area contributed by atoms with Gasteiger partial charge in [-0.15, -0.1) is 11.3 Å². The van der Waals surface area contributed by atoms with Crippen LogP contribution in [-0.2, 0) is 0 Å². The predicted octanol–water partition coefficient (Wildman–Crippen LogP) is 3.89. The highest BCUT2D eigenvalue weighted by atomic mass is 79.9. The number of aromatic nitrogens is 1. The number of nitrogens with zero attached hydrogens (tertiary/aromatic N) is 1. The van der Waals surface area contributed by atoms with Crippen molar-refractivity contribution in [2.75, 3.05) is 11.1 Å². The molecule has 0 saturated heterocycles. The summed E-state index contributed by atoms with van der Waals surface area (Å²) in [5.74, 6) is -0.207. The van der Waals surface area contributed by atoms with Crippen molar-refractivity contribution in [2.24, 2.45) is 0 Å². The highest BCUT2D eigenvalue weighted by molar-refractivity contribution is 9.10. The number of nitrogens with one attached hydrogen (secondary N) is 1. The number of rotatable bonds is 2. The average Bonchev–Trinajstić information content (AvgIpc) is 2.77. The molecule has 0 fully saturated rings. The van der Waals surface area contributed by atoms with Crippen molar-refractivity contribution in [1.82, 2.24) is 4.98 Å². The Balaban J connectivity index is 1.95. The number of nitrogen functional groups attached to an aromatic ring is 1. The number of benzene rings is 1. The van der Waals surface area contributed by atoms with Crippen molar-refractivity contribution in [3.05, 3.63) is 52.1 Å². The van der Waals surface area contributed by atoms with E-state index in [0.717, 1.165) is 20.2 Å². The van der Waals surface area contributed by atoms with Crippen LogP contribution in [0, 0.1) is 0 Å². The largest absolute Gasteiger partial charge is 0.397 e. The lowest BCUT2D eigenvalue weighted by Gasteiger charge is -2.04. The van der Waals surface area contributed by atoms with E-state index < -0.39 is 0 Å². The van der Waals surface area contributed by atoms with Crippen molar-refractivity contribution in [1.29, 1.82) is 0 Å². The molecule has 1 amide bonds. The van der Waals surface area contributed by atoms with Crippen LogP contribution in [-0.4, -0.2) is 10.9 Å². The van der Waals surface area contributed by atoms with E-state index in [2.05, 4.69) is 26.2 Å². The molecule has 3 aromatic rings. The van der Waals surface area contributed by atoms with E-state index >= 15 is 0 Å². The third-order valence-electron chi connectivity index (χ3n) is 2.82. The smallest absolute Gasteiger partial charge is 0.267 e. The molecule has 0 aliphatic heterocycles. The third kappa shape index (κ3) is 2.39. The van der Waals surface area contributed by atoms with Gasteiger partial charge in [-0.2, -0.15) is 0 Å². The lowest BCUT2D eigenvalue weighted by molar-refractivity contribution is 0.103. The first-order chi connectivity index (χ1) is 9.65. The molecule has 100 valence electrons. The second kappa shape index (κ2) is 5.22. The number of carbonyl (C=O) groups excluding carboxylic acids is 1. The van der Waals surface area contributed by atoms with Gasteiger partial charge in [-0.05, 0) is 24.3 Å². The summed E-state index contributed by atoms with van der Waals surface area (Å²) in [5.41, 5.74) is 7.26. The minimum absolute atomic E-state index is 0.207. The van der Waals surface area contributed by atoms with Gasteiger partial charge in [-0.25, -0.2) is 0 Å². The molecule has 0 aliphatic carbocycles. The van der Waals surface area contributed by atoms with E-state index in [-0.39, 0.29) is 5.91 Å². The van der Waals surface area contributed by atoms with Gasteiger partial charge in [0.25, 0.3) is 5.91 Å². The first-order valence-corrected chi connectivity index (χ1v) is 7.45. The number of halogens is 1. The second-order valence-electron chi connectivity index (χ2n) is 4.18. The Hall–Kier alpha value is -1.92. The van der Waals surface area contributed by atoms with Crippen LogP contribution in [0.5, 0.6) is 0 Å². The Bertz CT molecular complexity index is 800. The molecule has 6 heteroatoms. The summed E-state index contributed by atoms with van der Waals surface area (Å²) in [6, 6.07) is 9.24. The van der Waals surface area contributed by atoms with Crippen LogP contribution in [0.4, 0.5) is 11.4 Å². The maximum absolute atomic E-state index is 12.3. The number of thiophene rings is 1. The highest BCUT2D eigenvalue weighted by Gasteiger charge is 2.16. The fourth-order valence-electron chi connectivity index (χ4n) is 1.89. The summed E-state index contributed by atoms with van der Waals surface area (Å²) >= 11 is 4.71. The standard InChI is InChI=1S/C14H10BrN3OS/c15-8-2-1-3-9(6-8)18-14(19)13-12(16)10-4-5-17-7-11(10)20-13/h1-7H,16H2,(H,18,19). The van der Waals surface area contributed by atoms with Crippen molar-refractivity contribution in [3.63, 3.8) is 0 Å². The molecule has 20 heavy (non-hydrogen) atoms. The maximum atomic E-state index is 12.3. The van der Waals surface area contributed by atoms with Crippen LogP contribution in [0.15, 0.2) is 47.2 Å². The quantitative estimate of drug-likeness (QED) is 0.738. The molecule has 4 nitrogen and oxygen atoms in total. The number of nitrogens with two attached hydrogens (primary N) is 1. The molecule has 3 N–H and O–H groups in total. The van der Waals surface area contributed by atoms with Crippen LogP contribution in [0.1, 0.15) is 9.67 Å². The van der Waals surface area contributed by atoms with Gasteiger partial charge in [-0.3, -0.25) is 9.78 Å². The number of hydrogen-bond acceptors (Lipinski definition) is 4. The van der Waals surface area contributed by atoms with Gasteiger partial charge in [0, 0.05) is 27.9 Å². The monoisotopic (exact) mass is 347 g/mol. The molecule has 0 unspecified atom stereocenters. The Morgan fingerprint density at radius 1 is 1.35 bits per heavy atom. The zero-order chi connectivity index (χ0) is 14.1. The summed E-state index contributed by atoms with van der Waals surface area (Å²) in [6.07, 6.45) is 3.38. The number of pyridine rings is 1. The van der Waals surface area contributed by atoms with E-state index in [1.165, 1.54) is 11.3 Å². The highest BCUT2D eigenvalue weighted by Crippen LogP contribution is 2.33. The van der Waals surface area contributed by atoms with Crippen LogP contribution >= 0.6 is 27.3 Å². The zero-order valence-corrected chi connectivity index (χ0v) is 12.7. The molecule has 0 aliphatic rings. The van der Waals surface area contributed by atoms with Crippen molar-refractivity contribution < 1.29 is 4.79 Å². The lowest BCUT2D eigenvalue weighted by Crippen LogP contribution is -2.11. The molecule has 2 aromatic heterocycles. The van der Waals surface area contributed by atoms with Gasteiger partial charge in [-0.1, -0.05) is 22.0 Å². The normalized spacial score (nSPS) is 10.7. The summed E-state index contributed by atoms with van der Waals surface area (Å²) in [7, 11) is 0. The summed E-state index contributed by atoms with van der Waals surface area (Å²) in [6.45, 7) is 0. The topological polar surface area (TPSA) is 68.0 Å². The summed E-state index contributed by atoms with van der Waals surface area (Å²) < 4.78 is 1.81. The summed E-state index contributed by atoms with van der Waals surface area (Å²) in [4.78, 5) is 16.8. The molecule has 3 rings (SSSR count).